The third kappa shape index (κ3) is 2.20. The summed E-state index contributed by atoms with van der Waals surface area (Å²) >= 11 is 0. The van der Waals surface area contributed by atoms with E-state index in [0.717, 1.165) is 25.0 Å². The summed E-state index contributed by atoms with van der Waals surface area (Å²) in [6.07, 6.45) is 8.27. The van der Waals surface area contributed by atoms with Crippen LogP contribution in [0.5, 0.6) is 0 Å². The molecule has 1 fully saturated rings. The Bertz CT molecular complexity index is 497. The van der Waals surface area contributed by atoms with Gasteiger partial charge in [0, 0.05) is 12.1 Å². The fraction of sp³-hybridized carbons (Fsp3) is 0.471. The fourth-order valence-corrected chi connectivity index (χ4v) is 3.53. The highest BCUT2D eigenvalue weighted by Crippen LogP contribution is 2.41. The summed E-state index contributed by atoms with van der Waals surface area (Å²) in [6, 6.07) is 10.3. The van der Waals surface area contributed by atoms with Crippen molar-refractivity contribution in [3.8, 4) is 0 Å². The largest absolute Gasteiger partial charge is 0.325 e. The fourth-order valence-electron chi connectivity index (χ4n) is 3.53. The zero-order valence-electron chi connectivity index (χ0n) is 11.6. The van der Waals surface area contributed by atoms with Crippen LogP contribution in [-0.4, -0.2) is 16.3 Å². The molecule has 0 bridgehead atoms. The second kappa shape index (κ2) is 4.84. The molecule has 1 aromatic rings. The van der Waals surface area contributed by atoms with Crippen LogP contribution >= 0.6 is 0 Å². The van der Waals surface area contributed by atoms with Crippen molar-refractivity contribution in [1.82, 2.24) is 4.90 Å². The molecule has 1 aliphatic carbocycles. The highest BCUT2D eigenvalue weighted by atomic mass is 16.2. The quantitative estimate of drug-likeness (QED) is 0.789. The third-order valence-electron chi connectivity index (χ3n) is 4.51. The molecule has 19 heavy (non-hydrogen) atoms. The Morgan fingerprint density at radius 1 is 1.11 bits per heavy atom. The molecule has 0 saturated heterocycles. The van der Waals surface area contributed by atoms with Gasteiger partial charge in [0.2, 0.25) is 5.91 Å². The van der Waals surface area contributed by atoms with Gasteiger partial charge in [-0.05, 0) is 25.3 Å². The van der Waals surface area contributed by atoms with Crippen molar-refractivity contribution in [3.63, 3.8) is 0 Å². The molecule has 100 valence electrons. The zero-order valence-corrected chi connectivity index (χ0v) is 11.6. The van der Waals surface area contributed by atoms with E-state index in [4.69, 9.17) is 0 Å². The van der Waals surface area contributed by atoms with Gasteiger partial charge >= 0.3 is 0 Å². The summed E-state index contributed by atoms with van der Waals surface area (Å²) in [5, 5.41) is 0. The van der Waals surface area contributed by atoms with Crippen molar-refractivity contribution < 1.29 is 4.79 Å². The molecule has 1 spiro atoms. The second-order valence-corrected chi connectivity index (χ2v) is 5.87. The number of benzene rings is 1. The number of hydrogen-bond donors (Lipinski definition) is 0. The van der Waals surface area contributed by atoms with Crippen molar-refractivity contribution in [1.29, 1.82) is 0 Å². The van der Waals surface area contributed by atoms with Gasteiger partial charge in [0.05, 0.1) is 5.54 Å². The van der Waals surface area contributed by atoms with E-state index in [9.17, 15) is 4.79 Å². The molecule has 0 radical (unpaired) electrons. The van der Waals surface area contributed by atoms with Crippen LogP contribution in [0.1, 0.15) is 44.6 Å². The van der Waals surface area contributed by atoms with Gasteiger partial charge in [-0.2, -0.15) is 0 Å². The van der Waals surface area contributed by atoms with E-state index in [1.807, 2.05) is 25.1 Å². The Morgan fingerprint density at radius 3 is 2.47 bits per heavy atom. The maximum atomic E-state index is 12.4. The summed E-state index contributed by atoms with van der Waals surface area (Å²) in [5.41, 5.74) is 2.16. The molecule has 1 saturated carbocycles. The number of nitrogens with zero attached hydrogens (tertiary/aromatic N) is 1. The molecule has 2 nitrogen and oxygen atoms in total. The van der Waals surface area contributed by atoms with Crippen molar-refractivity contribution in [2.24, 2.45) is 0 Å². The SMILES string of the molecule is CC1=CC2(CCCCC2)N(Cc2ccccc2)C1=O. The first-order valence-electron chi connectivity index (χ1n) is 7.27. The molecule has 3 rings (SSSR count). The van der Waals surface area contributed by atoms with Crippen molar-refractivity contribution >= 4 is 5.91 Å². The summed E-state index contributed by atoms with van der Waals surface area (Å²) in [4.78, 5) is 14.5. The van der Waals surface area contributed by atoms with E-state index in [-0.39, 0.29) is 11.4 Å². The minimum absolute atomic E-state index is 0.00918. The Labute approximate surface area is 115 Å². The molecule has 2 heteroatoms. The van der Waals surface area contributed by atoms with E-state index in [1.54, 1.807) is 0 Å². The van der Waals surface area contributed by atoms with Gasteiger partial charge in [-0.1, -0.05) is 55.7 Å². The first kappa shape index (κ1) is 12.5. The van der Waals surface area contributed by atoms with Gasteiger partial charge in [0.15, 0.2) is 0 Å². The second-order valence-electron chi connectivity index (χ2n) is 5.87. The number of carbonyl (C=O) groups is 1. The molecular formula is C17H21NO. The lowest BCUT2D eigenvalue weighted by Crippen LogP contribution is -2.47. The van der Waals surface area contributed by atoms with Crippen LogP contribution in [0.25, 0.3) is 0 Å². The summed E-state index contributed by atoms with van der Waals surface area (Å²) in [6.45, 7) is 2.71. The van der Waals surface area contributed by atoms with Crippen LogP contribution in [0, 0.1) is 0 Å². The zero-order chi connectivity index (χ0) is 13.3. The predicted octanol–water partition coefficient (Wildman–Crippen LogP) is 3.68. The number of rotatable bonds is 2. The smallest absolute Gasteiger partial charge is 0.250 e. The van der Waals surface area contributed by atoms with E-state index in [1.165, 1.54) is 24.8 Å². The number of hydrogen-bond acceptors (Lipinski definition) is 1. The van der Waals surface area contributed by atoms with E-state index < -0.39 is 0 Å². The number of carbonyl (C=O) groups excluding carboxylic acids is 1. The van der Waals surface area contributed by atoms with Crippen LogP contribution < -0.4 is 0 Å². The normalized spacial score (nSPS) is 21.8. The average molecular weight is 255 g/mol. The molecule has 0 N–H and O–H groups in total. The molecule has 1 amide bonds. The minimum Gasteiger partial charge on any atom is -0.325 e. The molecule has 0 aromatic heterocycles. The van der Waals surface area contributed by atoms with Crippen molar-refractivity contribution in [3.05, 3.63) is 47.5 Å². The van der Waals surface area contributed by atoms with Crippen molar-refractivity contribution in [2.75, 3.05) is 0 Å². The molecule has 0 atom stereocenters. The molecule has 1 heterocycles. The monoisotopic (exact) mass is 255 g/mol. The first-order valence-corrected chi connectivity index (χ1v) is 7.27. The molecule has 1 aliphatic heterocycles. The van der Waals surface area contributed by atoms with E-state index in [0.29, 0.717) is 0 Å². The molecular weight excluding hydrogens is 234 g/mol. The predicted molar refractivity (Wildman–Crippen MR) is 76.6 cm³/mol. The highest BCUT2D eigenvalue weighted by Gasteiger charge is 2.43. The maximum absolute atomic E-state index is 12.4. The van der Waals surface area contributed by atoms with Crippen molar-refractivity contribution in [2.45, 2.75) is 51.1 Å². The number of amides is 1. The van der Waals surface area contributed by atoms with Gasteiger partial charge in [-0.25, -0.2) is 0 Å². The lowest BCUT2D eigenvalue weighted by Gasteiger charge is -2.41. The molecule has 2 aliphatic rings. The Morgan fingerprint density at radius 2 is 1.79 bits per heavy atom. The summed E-state index contributed by atoms with van der Waals surface area (Å²) < 4.78 is 0. The summed E-state index contributed by atoms with van der Waals surface area (Å²) in [5.74, 6) is 0.228. The lowest BCUT2D eigenvalue weighted by molar-refractivity contribution is -0.131. The highest BCUT2D eigenvalue weighted by molar-refractivity contribution is 5.96. The third-order valence-corrected chi connectivity index (χ3v) is 4.51. The Balaban J connectivity index is 1.88. The van der Waals surface area contributed by atoms with Crippen LogP contribution in [0.15, 0.2) is 42.0 Å². The van der Waals surface area contributed by atoms with Gasteiger partial charge in [-0.3, -0.25) is 4.79 Å². The van der Waals surface area contributed by atoms with E-state index >= 15 is 0 Å². The first-order chi connectivity index (χ1) is 9.21. The molecule has 0 unspecified atom stereocenters. The average Bonchev–Trinajstić information content (AvgIpc) is 2.66. The van der Waals surface area contributed by atoms with Crippen LogP contribution in [0.3, 0.4) is 0 Å². The molecule has 1 aromatic carbocycles. The van der Waals surface area contributed by atoms with Gasteiger partial charge in [0.1, 0.15) is 0 Å². The Hall–Kier alpha value is -1.57. The topological polar surface area (TPSA) is 20.3 Å². The van der Waals surface area contributed by atoms with Crippen LogP contribution in [-0.2, 0) is 11.3 Å². The van der Waals surface area contributed by atoms with Crippen LogP contribution in [0.4, 0.5) is 0 Å². The van der Waals surface area contributed by atoms with Crippen LogP contribution in [0.2, 0.25) is 0 Å². The van der Waals surface area contributed by atoms with Gasteiger partial charge in [0.25, 0.3) is 0 Å². The van der Waals surface area contributed by atoms with E-state index in [2.05, 4.69) is 23.1 Å². The lowest BCUT2D eigenvalue weighted by atomic mass is 9.81. The maximum Gasteiger partial charge on any atom is 0.250 e. The standard InChI is InChI=1S/C17H21NO/c1-14-12-17(10-6-3-7-11-17)18(16(14)19)13-15-8-4-2-5-9-15/h2,4-5,8-9,12H,3,6-7,10-11,13H2,1H3. The van der Waals surface area contributed by atoms with Gasteiger partial charge in [-0.15, -0.1) is 0 Å². The summed E-state index contributed by atoms with van der Waals surface area (Å²) in [7, 11) is 0. The van der Waals surface area contributed by atoms with Gasteiger partial charge < -0.3 is 4.90 Å². The Kier molecular flexibility index (Phi) is 3.17. The minimum atomic E-state index is 0.00918.